The average Bonchev–Trinajstić information content (AvgIpc) is 2.87. The van der Waals surface area contributed by atoms with Crippen LogP contribution in [0.5, 0.6) is 11.5 Å². The van der Waals surface area contributed by atoms with Crippen LogP contribution in [0, 0.1) is 5.92 Å². The highest BCUT2D eigenvalue weighted by Crippen LogP contribution is 2.35. The van der Waals surface area contributed by atoms with Gasteiger partial charge >= 0.3 is 0 Å². The second-order valence-corrected chi connectivity index (χ2v) is 10.1. The maximum Gasteiger partial charge on any atom is 0.251 e. The molecule has 0 radical (unpaired) electrons. The predicted octanol–water partition coefficient (Wildman–Crippen LogP) is 6.12. The maximum atomic E-state index is 12.8. The minimum absolute atomic E-state index is 0.0529. The van der Waals surface area contributed by atoms with Crippen molar-refractivity contribution in [2.45, 2.75) is 19.3 Å². The van der Waals surface area contributed by atoms with Gasteiger partial charge in [0, 0.05) is 59.7 Å². The van der Waals surface area contributed by atoms with Gasteiger partial charge in [0.1, 0.15) is 16.0 Å². The van der Waals surface area contributed by atoms with E-state index in [2.05, 4.69) is 31.1 Å². The molecule has 0 bridgehead atoms. The highest BCUT2D eigenvalue weighted by Gasteiger charge is 2.21. The highest BCUT2D eigenvalue weighted by molar-refractivity contribution is 9.10. The van der Waals surface area contributed by atoms with E-state index in [0.717, 1.165) is 31.5 Å². The molecule has 3 aromatic rings. The normalized spacial score (nSPS) is 14.1. The van der Waals surface area contributed by atoms with Gasteiger partial charge in [-0.05, 0) is 76.7 Å². The lowest BCUT2D eigenvalue weighted by Crippen LogP contribution is -2.38. The number of aromatic hydroxyl groups is 1. The van der Waals surface area contributed by atoms with Gasteiger partial charge in [-0.3, -0.25) is 9.78 Å². The number of phenols is 1. The first-order chi connectivity index (χ1) is 16.9. The molecule has 35 heavy (non-hydrogen) atoms. The van der Waals surface area contributed by atoms with Crippen molar-refractivity contribution < 1.29 is 14.6 Å². The van der Waals surface area contributed by atoms with Crippen LogP contribution in [0.15, 0.2) is 59.3 Å². The molecule has 2 aromatic carbocycles. The maximum absolute atomic E-state index is 12.8. The molecule has 0 atom stereocenters. The summed E-state index contributed by atoms with van der Waals surface area (Å²) in [6.07, 6.45) is 6.16. The number of halogens is 3. The predicted molar refractivity (Wildman–Crippen MR) is 143 cm³/mol. The molecule has 1 aliphatic rings. The number of carbonyl (C=O) groups excluding carboxylic acids is 1. The molecule has 4 rings (SSSR count). The van der Waals surface area contributed by atoms with Crippen LogP contribution >= 0.6 is 39.1 Å². The van der Waals surface area contributed by atoms with E-state index in [0.29, 0.717) is 51.3 Å². The molecular formula is C26H26BrCl2N3O3. The molecule has 6 nitrogen and oxygen atoms in total. The van der Waals surface area contributed by atoms with E-state index in [9.17, 15) is 9.90 Å². The second-order valence-electron chi connectivity index (χ2n) is 8.49. The van der Waals surface area contributed by atoms with E-state index in [1.807, 2.05) is 18.2 Å². The fourth-order valence-electron chi connectivity index (χ4n) is 4.10. The van der Waals surface area contributed by atoms with Crippen LogP contribution in [-0.2, 0) is 6.42 Å². The summed E-state index contributed by atoms with van der Waals surface area (Å²) in [7, 11) is 0. The first kappa shape index (κ1) is 25.6. The van der Waals surface area contributed by atoms with Crippen LogP contribution in [0.1, 0.15) is 28.8 Å². The topological polar surface area (TPSA) is 74.7 Å². The molecular weight excluding hydrogens is 553 g/mol. The SMILES string of the molecule is O=C(NCC1CCN(c2ccncc2)CC1)c1cc(O)c(Br)c(OCCc2ccc(Cl)cc2Cl)c1. The number of aromatic nitrogens is 1. The Morgan fingerprint density at radius 1 is 1.14 bits per heavy atom. The Balaban J connectivity index is 1.30. The van der Waals surface area contributed by atoms with Crippen molar-refractivity contribution in [3.8, 4) is 11.5 Å². The number of amides is 1. The molecule has 1 aliphatic heterocycles. The number of nitrogens with zero attached hydrogens (tertiary/aromatic N) is 2. The zero-order chi connectivity index (χ0) is 24.8. The summed E-state index contributed by atoms with van der Waals surface area (Å²) >= 11 is 15.5. The molecule has 9 heteroatoms. The van der Waals surface area contributed by atoms with Crippen molar-refractivity contribution in [2.24, 2.45) is 5.92 Å². The van der Waals surface area contributed by atoms with Gasteiger partial charge < -0.3 is 20.1 Å². The van der Waals surface area contributed by atoms with Crippen LogP contribution in [-0.4, -0.2) is 42.2 Å². The summed E-state index contributed by atoms with van der Waals surface area (Å²) < 4.78 is 6.26. The Kier molecular flexibility index (Phi) is 8.76. The number of nitrogens with one attached hydrogen (secondary N) is 1. The number of ether oxygens (including phenoxy) is 1. The van der Waals surface area contributed by atoms with Gasteiger partial charge in [0.15, 0.2) is 0 Å². The minimum atomic E-state index is -0.241. The number of benzene rings is 2. The van der Waals surface area contributed by atoms with E-state index >= 15 is 0 Å². The summed E-state index contributed by atoms with van der Waals surface area (Å²) in [5.74, 6) is 0.504. The Morgan fingerprint density at radius 3 is 2.60 bits per heavy atom. The number of rotatable bonds is 8. The first-order valence-electron chi connectivity index (χ1n) is 11.4. The lowest BCUT2D eigenvalue weighted by Gasteiger charge is -2.33. The lowest BCUT2D eigenvalue weighted by atomic mass is 9.96. The smallest absolute Gasteiger partial charge is 0.251 e. The molecule has 0 aliphatic carbocycles. The van der Waals surface area contributed by atoms with Gasteiger partial charge in [-0.2, -0.15) is 0 Å². The van der Waals surface area contributed by atoms with Gasteiger partial charge in [-0.1, -0.05) is 29.3 Å². The number of anilines is 1. The Hall–Kier alpha value is -2.48. The number of hydrogen-bond donors (Lipinski definition) is 2. The highest BCUT2D eigenvalue weighted by atomic mass is 79.9. The Bertz CT molecular complexity index is 1170. The van der Waals surface area contributed by atoms with Gasteiger partial charge in [-0.15, -0.1) is 0 Å². The van der Waals surface area contributed by atoms with Gasteiger partial charge in [0.2, 0.25) is 0 Å². The molecule has 184 valence electrons. The Labute approximate surface area is 223 Å². The number of carbonyl (C=O) groups is 1. The summed E-state index contributed by atoms with van der Waals surface area (Å²) in [4.78, 5) is 19.2. The Morgan fingerprint density at radius 2 is 1.89 bits per heavy atom. The van der Waals surface area contributed by atoms with Crippen LogP contribution in [0.2, 0.25) is 10.0 Å². The molecule has 0 saturated carbocycles. The third-order valence-corrected chi connectivity index (χ3v) is 7.50. The molecule has 0 spiro atoms. The second kappa shape index (κ2) is 12.0. The van der Waals surface area contributed by atoms with E-state index in [1.54, 1.807) is 30.6 Å². The van der Waals surface area contributed by atoms with E-state index in [1.165, 1.54) is 11.8 Å². The van der Waals surface area contributed by atoms with Crippen molar-refractivity contribution in [3.05, 3.63) is 80.5 Å². The largest absolute Gasteiger partial charge is 0.507 e. The quantitative estimate of drug-likeness (QED) is 0.336. The molecule has 1 amide bonds. The summed E-state index contributed by atoms with van der Waals surface area (Å²) in [6, 6.07) is 12.4. The fraction of sp³-hybridized carbons (Fsp3) is 0.308. The van der Waals surface area contributed by atoms with Crippen molar-refractivity contribution in [3.63, 3.8) is 0 Å². The zero-order valence-electron chi connectivity index (χ0n) is 19.0. The van der Waals surface area contributed by atoms with Crippen molar-refractivity contribution >= 4 is 50.7 Å². The van der Waals surface area contributed by atoms with Gasteiger partial charge in [0.25, 0.3) is 5.91 Å². The molecule has 1 saturated heterocycles. The molecule has 1 fully saturated rings. The summed E-state index contributed by atoms with van der Waals surface area (Å²) in [5, 5.41) is 14.5. The number of phenolic OH excluding ortho intramolecular Hbond substituents is 1. The number of piperidine rings is 1. The standard InChI is InChI=1S/C26H26BrCl2N3O3/c27-25-23(33)13-19(14-24(25)35-12-7-18-1-2-20(28)15-22(18)29)26(34)31-16-17-5-10-32(11-6-17)21-3-8-30-9-4-21/h1-4,8-9,13-15,17,33H,5-7,10-12,16H2,(H,31,34). The van der Waals surface area contributed by atoms with Crippen molar-refractivity contribution in [2.75, 3.05) is 31.1 Å². The molecule has 0 unspecified atom stereocenters. The van der Waals surface area contributed by atoms with Crippen molar-refractivity contribution in [1.29, 1.82) is 0 Å². The van der Waals surface area contributed by atoms with E-state index in [-0.39, 0.29) is 11.7 Å². The molecule has 2 N–H and O–H groups in total. The van der Waals surface area contributed by atoms with Crippen LogP contribution < -0.4 is 15.0 Å². The lowest BCUT2D eigenvalue weighted by molar-refractivity contribution is 0.0944. The molecule has 2 heterocycles. The average molecular weight is 579 g/mol. The van der Waals surface area contributed by atoms with Gasteiger partial charge in [-0.25, -0.2) is 0 Å². The summed E-state index contributed by atoms with van der Waals surface area (Å²) in [5.41, 5.74) is 2.43. The first-order valence-corrected chi connectivity index (χ1v) is 13.0. The third-order valence-electron chi connectivity index (χ3n) is 6.12. The molecule has 1 aromatic heterocycles. The van der Waals surface area contributed by atoms with E-state index in [4.69, 9.17) is 27.9 Å². The fourth-order valence-corrected chi connectivity index (χ4v) is 4.95. The van der Waals surface area contributed by atoms with Crippen LogP contribution in [0.3, 0.4) is 0 Å². The van der Waals surface area contributed by atoms with Crippen LogP contribution in [0.25, 0.3) is 0 Å². The number of pyridine rings is 1. The number of hydrogen-bond acceptors (Lipinski definition) is 5. The van der Waals surface area contributed by atoms with Crippen molar-refractivity contribution in [1.82, 2.24) is 10.3 Å². The third kappa shape index (κ3) is 6.81. The van der Waals surface area contributed by atoms with E-state index < -0.39 is 0 Å². The van der Waals surface area contributed by atoms with Gasteiger partial charge in [0.05, 0.1) is 6.61 Å². The monoisotopic (exact) mass is 577 g/mol. The summed E-state index contributed by atoms with van der Waals surface area (Å²) in [6.45, 7) is 2.80. The van der Waals surface area contributed by atoms with Crippen LogP contribution in [0.4, 0.5) is 5.69 Å². The zero-order valence-corrected chi connectivity index (χ0v) is 22.1. The minimum Gasteiger partial charge on any atom is -0.507 e.